The Bertz CT molecular complexity index is 237. The van der Waals surface area contributed by atoms with Gasteiger partial charge in [-0.2, -0.15) is 0 Å². The molecule has 86 valence electrons. The van der Waals surface area contributed by atoms with Crippen molar-refractivity contribution in [1.82, 2.24) is 9.80 Å². The summed E-state index contributed by atoms with van der Waals surface area (Å²) >= 11 is 0. The minimum absolute atomic E-state index is 0.645. The fraction of sp³-hybridized carbons (Fsp3) is 1.00. The van der Waals surface area contributed by atoms with Gasteiger partial charge in [-0.3, -0.25) is 4.90 Å². The maximum absolute atomic E-state index is 5.77. The van der Waals surface area contributed by atoms with Crippen molar-refractivity contribution in [2.75, 3.05) is 39.3 Å². The Hall–Kier alpha value is -0.120. The second-order valence-corrected chi connectivity index (χ2v) is 5.78. The molecule has 2 N–H and O–H groups in total. The molecule has 3 aliphatic rings. The molecule has 0 radical (unpaired) electrons. The van der Waals surface area contributed by atoms with E-state index in [9.17, 15) is 0 Å². The lowest BCUT2D eigenvalue weighted by Gasteiger charge is -2.46. The summed E-state index contributed by atoms with van der Waals surface area (Å²) in [6.07, 6.45) is 5.63. The van der Waals surface area contributed by atoms with Crippen LogP contribution in [0.3, 0.4) is 0 Å². The van der Waals surface area contributed by atoms with Gasteiger partial charge in [0.05, 0.1) is 0 Å². The predicted octanol–water partition coefficient (Wildman–Crippen LogP) is 0.505. The smallest absolute Gasteiger partial charge is 0.0230 e. The van der Waals surface area contributed by atoms with Crippen molar-refractivity contribution >= 4 is 0 Å². The molecule has 3 nitrogen and oxygen atoms in total. The van der Waals surface area contributed by atoms with Crippen molar-refractivity contribution < 1.29 is 0 Å². The van der Waals surface area contributed by atoms with E-state index in [4.69, 9.17) is 5.73 Å². The Balaban J connectivity index is 1.62. The zero-order chi connectivity index (χ0) is 10.3. The minimum atomic E-state index is 0.645. The molecular weight excluding hydrogens is 186 g/mol. The molecule has 15 heavy (non-hydrogen) atoms. The Kier molecular flexibility index (Phi) is 2.49. The average Bonchev–Trinajstić information content (AvgIpc) is 2.51. The van der Waals surface area contributed by atoms with Gasteiger partial charge in [-0.1, -0.05) is 0 Å². The molecule has 3 heteroatoms. The SMILES string of the molecule is NCC1CCN1CC12CCCN(CC1)C2. The third kappa shape index (κ3) is 1.71. The lowest BCUT2D eigenvalue weighted by atomic mass is 9.79. The third-order valence-electron chi connectivity index (χ3n) is 4.78. The lowest BCUT2D eigenvalue weighted by Crippen LogP contribution is -2.56. The minimum Gasteiger partial charge on any atom is -0.329 e. The maximum atomic E-state index is 5.77. The van der Waals surface area contributed by atoms with E-state index in [-0.39, 0.29) is 0 Å². The highest BCUT2D eigenvalue weighted by molar-refractivity contribution is 4.98. The van der Waals surface area contributed by atoms with E-state index in [0.29, 0.717) is 11.5 Å². The summed E-state index contributed by atoms with van der Waals surface area (Å²) in [5.41, 5.74) is 6.42. The molecule has 3 rings (SSSR count). The van der Waals surface area contributed by atoms with E-state index >= 15 is 0 Å². The van der Waals surface area contributed by atoms with Crippen LogP contribution in [0.2, 0.25) is 0 Å². The number of hydrogen-bond acceptors (Lipinski definition) is 3. The molecule has 3 aliphatic heterocycles. The van der Waals surface area contributed by atoms with Gasteiger partial charge in [0, 0.05) is 32.2 Å². The van der Waals surface area contributed by atoms with E-state index in [1.807, 2.05) is 0 Å². The molecule has 3 unspecified atom stereocenters. The van der Waals surface area contributed by atoms with Crippen molar-refractivity contribution in [1.29, 1.82) is 0 Å². The summed E-state index contributed by atoms with van der Waals surface area (Å²) in [4.78, 5) is 5.29. The van der Waals surface area contributed by atoms with Crippen LogP contribution in [0.25, 0.3) is 0 Å². The van der Waals surface area contributed by atoms with Gasteiger partial charge in [-0.25, -0.2) is 0 Å². The number of fused-ring (bicyclic) bond motifs is 2. The summed E-state index contributed by atoms with van der Waals surface area (Å²) in [5.74, 6) is 0. The molecule has 0 aromatic rings. The number of nitrogens with zero attached hydrogens (tertiary/aromatic N) is 2. The number of nitrogens with two attached hydrogens (primary N) is 1. The van der Waals surface area contributed by atoms with Crippen LogP contribution in [0, 0.1) is 5.41 Å². The highest BCUT2D eigenvalue weighted by Gasteiger charge is 2.43. The van der Waals surface area contributed by atoms with Crippen LogP contribution < -0.4 is 5.73 Å². The Morgan fingerprint density at radius 3 is 2.87 bits per heavy atom. The van der Waals surface area contributed by atoms with Gasteiger partial charge in [0.2, 0.25) is 0 Å². The first kappa shape index (κ1) is 10.1. The summed E-state index contributed by atoms with van der Waals surface area (Å²) in [6.45, 7) is 7.54. The topological polar surface area (TPSA) is 32.5 Å². The van der Waals surface area contributed by atoms with Crippen LogP contribution in [0.5, 0.6) is 0 Å². The first-order chi connectivity index (χ1) is 7.31. The fourth-order valence-electron chi connectivity index (χ4n) is 3.71. The number of hydrogen-bond donors (Lipinski definition) is 1. The number of piperidine rings is 1. The van der Waals surface area contributed by atoms with Gasteiger partial charge in [0.15, 0.2) is 0 Å². The van der Waals surface area contributed by atoms with Gasteiger partial charge in [-0.15, -0.1) is 0 Å². The largest absolute Gasteiger partial charge is 0.329 e. The summed E-state index contributed by atoms with van der Waals surface area (Å²) in [5, 5.41) is 0. The number of likely N-dealkylation sites (tertiary alicyclic amines) is 1. The molecule has 3 saturated heterocycles. The van der Waals surface area contributed by atoms with Gasteiger partial charge in [0.1, 0.15) is 0 Å². The molecule has 0 saturated carbocycles. The van der Waals surface area contributed by atoms with Crippen LogP contribution in [-0.4, -0.2) is 55.1 Å². The van der Waals surface area contributed by atoms with Gasteiger partial charge in [0.25, 0.3) is 0 Å². The molecule has 0 aromatic carbocycles. The van der Waals surface area contributed by atoms with Crippen molar-refractivity contribution in [3.05, 3.63) is 0 Å². The molecule has 0 aromatic heterocycles. The maximum Gasteiger partial charge on any atom is 0.0230 e. The monoisotopic (exact) mass is 209 g/mol. The average molecular weight is 209 g/mol. The molecule has 0 amide bonds. The second kappa shape index (κ2) is 3.72. The van der Waals surface area contributed by atoms with E-state index < -0.39 is 0 Å². The van der Waals surface area contributed by atoms with E-state index in [2.05, 4.69) is 9.80 Å². The van der Waals surface area contributed by atoms with Gasteiger partial charge < -0.3 is 10.6 Å². The van der Waals surface area contributed by atoms with Crippen LogP contribution in [0.15, 0.2) is 0 Å². The Morgan fingerprint density at radius 1 is 1.20 bits per heavy atom. The van der Waals surface area contributed by atoms with Crippen molar-refractivity contribution in [3.63, 3.8) is 0 Å². The Labute approximate surface area is 92.6 Å². The Morgan fingerprint density at radius 2 is 2.13 bits per heavy atom. The van der Waals surface area contributed by atoms with Crippen LogP contribution in [0.4, 0.5) is 0 Å². The quantitative estimate of drug-likeness (QED) is 0.735. The molecule has 0 aliphatic carbocycles. The van der Waals surface area contributed by atoms with E-state index in [0.717, 1.165) is 6.54 Å². The molecule has 0 spiro atoms. The first-order valence-corrected chi connectivity index (χ1v) is 6.48. The third-order valence-corrected chi connectivity index (χ3v) is 4.78. The van der Waals surface area contributed by atoms with Gasteiger partial charge >= 0.3 is 0 Å². The van der Waals surface area contributed by atoms with Crippen LogP contribution >= 0.6 is 0 Å². The summed E-state index contributed by atoms with van der Waals surface area (Å²) < 4.78 is 0. The van der Waals surface area contributed by atoms with E-state index in [1.54, 1.807) is 0 Å². The first-order valence-electron chi connectivity index (χ1n) is 6.48. The van der Waals surface area contributed by atoms with E-state index in [1.165, 1.54) is 58.4 Å². The molecule has 3 heterocycles. The van der Waals surface area contributed by atoms with Crippen molar-refractivity contribution in [2.24, 2.45) is 11.1 Å². The zero-order valence-corrected chi connectivity index (χ0v) is 9.62. The predicted molar refractivity (Wildman–Crippen MR) is 61.8 cm³/mol. The van der Waals surface area contributed by atoms with Crippen LogP contribution in [0.1, 0.15) is 25.7 Å². The zero-order valence-electron chi connectivity index (χ0n) is 9.62. The summed E-state index contributed by atoms with van der Waals surface area (Å²) in [7, 11) is 0. The van der Waals surface area contributed by atoms with Gasteiger partial charge in [-0.05, 0) is 44.2 Å². The fourth-order valence-corrected chi connectivity index (χ4v) is 3.71. The molecular formula is C12H23N3. The molecule has 3 fully saturated rings. The van der Waals surface area contributed by atoms with Crippen LogP contribution in [-0.2, 0) is 0 Å². The highest BCUT2D eigenvalue weighted by atomic mass is 15.2. The summed E-state index contributed by atoms with van der Waals surface area (Å²) in [6, 6.07) is 0.704. The molecule has 3 atom stereocenters. The lowest BCUT2D eigenvalue weighted by molar-refractivity contribution is 0.0299. The molecule has 2 bridgehead atoms. The number of rotatable bonds is 3. The second-order valence-electron chi connectivity index (χ2n) is 5.78. The standard InChI is InChI=1S/C12H23N3/c13-8-11-2-6-15(11)10-12-3-1-5-14(9-12)7-4-12/h11H,1-10,13H2. The van der Waals surface area contributed by atoms with Crippen molar-refractivity contribution in [2.45, 2.75) is 31.7 Å². The normalized spacial score (nSPS) is 45.4. The van der Waals surface area contributed by atoms with Crippen molar-refractivity contribution in [3.8, 4) is 0 Å². The highest BCUT2D eigenvalue weighted by Crippen LogP contribution is 2.41.